The Bertz CT molecular complexity index is 523. The monoisotopic (exact) mass is 353 g/mol. The molecule has 2 aromatic rings. The molecule has 17 heavy (non-hydrogen) atoms. The third-order valence-corrected chi connectivity index (χ3v) is 3.65. The molecule has 0 amide bonds. The fourth-order valence-electron chi connectivity index (χ4n) is 1.61. The minimum absolute atomic E-state index is 0.821. The van der Waals surface area contributed by atoms with Crippen LogP contribution in [0, 0.1) is 6.92 Å². The van der Waals surface area contributed by atoms with Gasteiger partial charge in [-0.05, 0) is 58.2 Å². The molecule has 0 saturated carbocycles. The van der Waals surface area contributed by atoms with E-state index in [2.05, 4.69) is 74.4 Å². The maximum absolute atomic E-state index is 3.56. The van der Waals surface area contributed by atoms with E-state index in [0.717, 1.165) is 21.2 Å². The Balaban J connectivity index is 2.07. The van der Waals surface area contributed by atoms with Crippen LogP contribution >= 0.6 is 31.9 Å². The van der Waals surface area contributed by atoms with Crippen molar-refractivity contribution in [3.8, 4) is 0 Å². The van der Waals surface area contributed by atoms with E-state index in [1.807, 2.05) is 12.1 Å². The third-order valence-electron chi connectivity index (χ3n) is 2.50. The normalized spacial score (nSPS) is 10.3. The highest BCUT2D eigenvalue weighted by Gasteiger charge is 2.00. The number of aryl methyl sites for hydroxylation is 1. The number of halogens is 2. The van der Waals surface area contributed by atoms with Gasteiger partial charge < -0.3 is 5.32 Å². The van der Waals surface area contributed by atoms with E-state index < -0.39 is 0 Å². The molecule has 2 rings (SSSR count). The molecule has 0 saturated heterocycles. The van der Waals surface area contributed by atoms with Crippen molar-refractivity contribution >= 4 is 37.5 Å². The van der Waals surface area contributed by atoms with Crippen molar-refractivity contribution in [2.45, 2.75) is 13.5 Å². The summed E-state index contributed by atoms with van der Waals surface area (Å²) in [6.45, 7) is 2.91. The number of benzene rings is 2. The molecule has 0 aliphatic carbocycles. The average Bonchev–Trinajstić information content (AvgIpc) is 2.28. The average molecular weight is 355 g/mol. The molecule has 0 spiro atoms. The summed E-state index contributed by atoms with van der Waals surface area (Å²) in [5, 5.41) is 3.42. The standard InChI is InChI=1S/C14H13Br2N/c1-10-5-6-14(13(16)7-10)17-9-11-3-2-4-12(15)8-11/h2-8,17H,9H2,1H3. The van der Waals surface area contributed by atoms with Crippen LogP contribution in [0.1, 0.15) is 11.1 Å². The van der Waals surface area contributed by atoms with Crippen molar-refractivity contribution in [2.75, 3.05) is 5.32 Å². The lowest BCUT2D eigenvalue weighted by Crippen LogP contribution is -2.00. The fraction of sp³-hybridized carbons (Fsp3) is 0.143. The lowest BCUT2D eigenvalue weighted by atomic mass is 10.2. The second-order valence-electron chi connectivity index (χ2n) is 3.97. The summed E-state index contributed by atoms with van der Waals surface area (Å²) in [5.41, 5.74) is 3.63. The molecule has 1 N–H and O–H groups in total. The van der Waals surface area contributed by atoms with Crippen LogP contribution in [0.5, 0.6) is 0 Å². The van der Waals surface area contributed by atoms with Gasteiger partial charge in [-0.15, -0.1) is 0 Å². The van der Waals surface area contributed by atoms with Gasteiger partial charge in [0.1, 0.15) is 0 Å². The van der Waals surface area contributed by atoms with Gasteiger partial charge in [0, 0.05) is 21.2 Å². The first-order valence-electron chi connectivity index (χ1n) is 5.39. The first kappa shape index (κ1) is 12.7. The summed E-state index contributed by atoms with van der Waals surface area (Å²) in [5.74, 6) is 0. The lowest BCUT2D eigenvalue weighted by molar-refractivity contribution is 1.14. The van der Waals surface area contributed by atoms with Crippen LogP contribution in [0.3, 0.4) is 0 Å². The van der Waals surface area contributed by atoms with Crippen LogP contribution in [0.15, 0.2) is 51.4 Å². The van der Waals surface area contributed by atoms with Crippen LogP contribution in [0.4, 0.5) is 5.69 Å². The second kappa shape index (κ2) is 5.69. The van der Waals surface area contributed by atoms with Crippen LogP contribution in [0.25, 0.3) is 0 Å². The van der Waals surface area contributed by atoms with Crippen LogP contribution < -0.4 is 5.32 Å². The lowest BCUT2D eigenvalue weighted by Gasteiger charge is -2.09. The molecule has 3 heteroatoms. The quantitative estimate of drug-likeness (QED) is 0.805. The SMILES string of the molecule is Cc1ccc(NCc2cccc(Br)c2)c(Br)c1. The molecule has 88 valence electrons. The van der Waals surface area contributed by atoms with E-state index in [1.165, 1.54) is 11.1 Å². The molecule has 0 aliphatic heterocycles. The first-order valence-corrected chi connectivity index (χ1v) is 6.98. The summed E-state index contributed by atoms with van der Waals surface area (Å²) < 4.78 is 2.22. The highest BCUT2D eigenvalue weighted by molar-refractivity contribution is 9.10. The Hall–Kier alpha value is -0.800. The van der Waals surface area contributed by atoms with Gasteiger partial charge in [0.2, 0.25) is 0 Å². The maximum atomic E-state index is 3.56. The van der Waals surface area contributed by atoms with Crippen LogP contribution in [-0.4, -0.2) is 0 Å². The topological polar surface area (TPSA) is 12.0 Å². The third kappa shape index (κ3) is 3.58. The maximum Gasteiger partial charge on any atom is 0.0487 e. The molecule has 2 aromatic carbocycles. The minimum Gasteiger partial charge on any atom is -0.380 e. The summed E-state index contributed by atoms with van der Waals surface area (Å²) in [4.78, 5) is 0. The zero-order valence-electron chi connectivity index (χ0n) is 9.50. The van der Waals surface area contributed by atoms with Crippen molar-refractivity contribution < 1.29 is 0 Å². The largest absolute Gasteiger partial charge is 0.380 e. The molecule has 0 radical (unpaired) electrons. The van der Waals surface area contributed by atoms with E-state index in [-0.39, 0.29) is 0 Å². The van der Waals surface area contributed by atoms with Gasteiger partial charge in [0.05, 0.1) is 0 Å². The van der Waals surface area contributed by atoms with Crippen molar-refractivity contribution in [1.82, 2.24) is 0 Å². The highest BCUT2D eigenvalue weighted by atomic mass is 79.9. The Morgan fingerprint density at radius 2 is 1.88 bits per heavy atom. The van der Waals surface area contributed by atoms with Gasteiger partial charge in [-0.1, -0.05) is 34.1 Å². The highest BCUT2D eigenvalue weighted by Crippen LogP contribution is 2.24. The number of anilines is 1. The molecular weight excluding hydrogens is 342 g/mol. The van der Waals surface area contributed by atoms with Gasteiger partial charge in [0.15, 0.2) is 0 Å². The molecule has 0 unspecified atom stereocenters. The molecule has 0 fully saturated rings. The predicted octanol–water partition coefficient (Wildman–Crippen LogP) is 5.13. The Labute approximate surface area is 119 Å². The van der Waals surface area contributed by atoms with Gasteiger partial charge >= 0.3 is 0 Å². The molecule has 1 nitrogen and oxygen atoms in total. The van der Waals surface area contributed by atoms with E-state index in [4.69, 9.17) is 0 Å². The second-order valence-corrected chi connectivity index (χ2v) is 5.74. The van der Waals surface area contributed by atoms with E-state index in [0.29, 0.717) is 0 Å². The van der Waals surface area contributed by atoms with Crippen molar-refractivity contribution in [3.05, 3.63) is 62.5 Å². The summed E-state index contributed by atoms with van der Waals surface area (Å²) in [6.07, 6.45) is 0. The summed E-state index contributed by atoms with van der Waals surface area (Å²) in [7, 11) is 0. The van der Waals surface area contributed by atoms with Gasteiger partial charge in [0.25, 0.3) is 0 Å². The number of hydrogen-bond acceptors (Lipinski definition) is 1. The van der Waals surface area contributed by atoms with Gasteiger partial charge in [-0.3, -0.25) is 0 Å². The van der Waals surface area contributed by atoms with Gasteiger partial charge in [-0.25, -0.2) is 0 Å². The zero-order chi connectivity index (χ0) is 12.3. The van der Waals surface area contributed by atoms with Crippen LogP contribution in [-0.2, 0) is 6.54 Å². The predicted molar refractivity (Wildman–Crippen MR) is 80.3 cm³/mol. The molecule has 0 aromatic heterocycles. The molecule has 0 aliphatic rings. The fourth-order valence-corrected chi connectivity index (χ4v) is 2.69. The smallest absolute Gasteiger partial charge is 0.0487 e. The molecule has 0 atom stereocenters. The Morgan fingerprint density at radius 1 is 1.06 bits per heavy atom. The van der Waals surface area contributed by atoms with Crippen molar-refractivity contribution in [2.24, 2.45) is 0 Å². The number of nitrogens with one attached hydrogen (secondary N) is 1. The zero-order valence-corrected chi connectivity index (χ0v) is 12.7. The van der Waals surface area contributed by atoms with Crippen molar-refractivity contribution in [1.29, 1.82) is 0 Å². The van der Waals surface area contributed by atoms with E-state index in [1.54, 1.807) is 0 Å². The summed E-state index contributed by atoms with van der Waals surface area (Å²) >= 11 is 7.04. The van der Waals surface area contributed by atoms with E-state index in [9.17, 15) is 0 Å². The summed E-state index contributed by atoms with van der Waals surface area (Å²) in [6, 6.07) is 14.6. The Morgan fingerprint density at radius 3 is 2.59 bits per heavy atom. The number of hydrogen-bond donors (Lipinski definition) is 1. The molecular formula is C14H13Br2N. The molecule has 0 heterocycles. The van der Waals surface area contributed by atoms with E-state index >= 15 is 0 Å². The first-order chi connectivity index (χ1) is 8.15. The van der Waals surface area contributed by atoms with Crippen molar-refractivity contribution in [3.63, 3.8) is 0 Å². The van der Waals surface area contributed by atoms with Gasteiger partial charge in [-0.2, -0.15) is 0 Å². The minimum atomic E-state index is 0.821. The number of rotatable bonds is 3. The molecule has 0 bridgehead atoms. The van der Waals surface area contributed by atoms with Crippen LogP contribution in [0.2, 0.25) is 0 Å². The Kier molecular flexibility index (Phi) is 4.24.